The smallest absolute Gasteiger partial charge is 0.325 e. The highest BCUT2D eigenvalue weighted by Crippen LogP contribution is 2.40. The van der Waals surface area contributed by atoms with Gasteiger partial charge in [-0.05, 0) is 30.7 Å². The highest BCUT2D eigenvalue weighted by atomic mass is 16.5. The van der Waals surface area contributed by atoms with Gasteiger partial charge in [0.1, 0.15) is 12.1 Å². The molecule has 3 rings (SSSR count). The minimum Gasteiger partial charge on any atom is -0.461 e. The first-order valence-electron chi connectivity index (χ1n) is 9.23. The molecule has 4 atom stereocenters. The fraction of sp³-hybridized carbons (Fsp3) is 0.650. The van der Waals surface area contributed by atoms with Crippen molar-refractivity contribution in [2.45, 2.75) is 51.2 Å². The van der Waals surface area contributed by atoms with Crippen LogP contribution >= 0.6 is 0 Å². The first kappa shape index (κ1) is 17.4. The van der Waals surface area contributed by atoms with Gasteiger partial charge in [0.05, 0.1) is 13.2 Å². The largest absolute Gasteiger partial charge is 0.461 e. The molecule has 1 saturated heterocycles. The van der Waals surface area contributed by atoms with Crippen LogP contribution in [0, 0.1) is 17.8 Å². The van der Waals surface area contributed by atoms with E-state index in [0.717, 1.165) is 6.42 Å². The van der Waals surface area contributed by atoms with Gasteiger partial charge in [-0.25, -0.2) is 0 Å². The highest BCUT2D eigenvalue weighted by Gasteiger charge is 2.39. The average Bonchev–Trinajstić information content (AvgIpc) is 3.09. The van der Waals surface area contributed by atoms with Crippen LogP contribution in [0.5, 0.6) is 0 Å². The summed E-state index contributed by atoms with van der Waals surface area (Å²) in [5.41, 5.74) is 7.19. The molecule has 0 amide bonds. The second kappa shape index (κ2) is 8.13. The summed E-state index contributed by atoms with van der Waals surface area (Å²) >= 11 is 0. The van der Waals surface area contributed by atoms with Crippen molar-refractivity contribution < 1.29 is 14.3 Å². The topological polar surface area (TPSA) is 61.5 Å². The van der Waals surface area contributed by atoms with Crippen molar-refractivity contribution in [1.29, 1.82) is 0 Å². The van der Waals surface area contributed by atoms with Gasteiger partial charge in [0, 0.05) is 5.92 Å². The summed E-state index contributed by atoms with van der Waals surface area (Å²) in [5.74, 6) is 0.968. The number of rotatable bonds is 3. The Bertz CT molecular complexity index is 527. The van der Waals surface area contributed by atoms with E-state index in [9.17, 15) is 4.79 Å². The number of carbonyl (C=O) groups is 1. The van der Waals surface area contributed by atoms with Gasteiger partial charge in [0.25, 0.3) is 0 Å². The van der Waals surface area contributed by atoms with Crippen molar-refractivity contribution in [2.24, 2.45) is 23.5 Å². The molecule has 2 N–H and O–H groups in total. The van der Waals surface area contributed by atoms with Crippen LogP contribution in [0.1, 0.15) is 38.2 Å². The minimum atomic E-state index is -0.674. The molecule has 0 bridgehead atoms. The molecule has 2 aliphatic rings. The molecule has 0 spiro atoms. The summed E-state index contributed by atoms with van der Waals surface area (Å²) in [7, 11) is 0. The van der Waals surface area contributed by atoms with Gasteiger partial charge >= 0.3 is 5.97 Å². The quantitative estimate of drug-likeness (QED) is 0.865. The number of esters is 1. The summed E-state index contributed by atoms with van der Waals surface area (Å²) in [4.78, 5) is 12.1. The lowest BCUT2D eigenvalue weighted by molar-refractivity contribution is -0.154. The molecule has 0 aromatic heterocycles. The molecule has 1 aromatic rings. The van der Waals surface area contributed by atoms with Crippen LogP contribution in [0.2, 0.25) is 0 Å². The van der Waals surface area contributed by atoms with Crippen LogP contribution in [-0.4, -0.2) is 31.3 Å². The van der Waals surface area contributed by atoms with E-state index >= 15 is 0 Å². The second-order valence-corrected chi connectivity index (χ2v) is 7.36. The van der Waals surface area contributed by atoms with E-state index in [1.165, 1.54) is 31.2 Å². The van der Waals surface area contributed by atoms with Crippen LogP contribution < -0.4 is 5.73 Å². The van der Waals surface area contributed by atoms with E-state index in [0.29, 0.717) is 24.4 Å². The van der Waals surface area contributed by atoms with Crippen molar-refractivity contribution in [3.63, 3.8) is 0 Å². The molecule has 4 heteroatoms. The van der Waals surface area contributed by atoms with Crippen molar-refractivity contribution in [3.8, 4) is 0 Å². The number of hydrogen-bond donors (Lipinski definition) is 1. The maximum absolute atomic E-state index is 12.1. The third-order valence-electron chi connectivity index (χ3n) is 5.61. The van der Waals surface area contributed by atoms with Crippen LogP contribution in [0.3, 0.4) is 0 Å². The van der Waals surface area contributed by atoms with E-state index < -0.39 is 6.04 Å². The number of nitrogens with two attached hydrogens (primary N) is 1. The maximum Gasteiger partial charge on any atom is 0.325 e. The van der Waals surface area contributed by atoms with E-state index in [2.05, 4.69) is 24.3 Å². The number of benzene rings is 1. The molecule has 1 aromatic carbocycles. The lowest BCUT2D eigenvalue weighted by Gasteiger charge is -2.35. The Morgan fingerprint density at radius 1 is 1.12 bits per heavy atom. The van der Waals surface area contributed by atoms with Gasteiger partial charge in [-0.15, -0.1) is 0 Å². The number of cyclic esters (lactones) is 1. The zero-order valence-electron chi connectivity index (χ0n) is 14.5. The van der Waals surface area contributed by atoms with Crippen LogP contribution in [-0.2, 0) is 20.7 Å². The zero-order valence-corrected chi connectivity index (χ0v) is 14.5. The molecular formula is C20H29NO3. The predicted molar refractivity (Wildman–Crippen MR) is 93.4 cm³/mol. The summed E-state index contributed by atoms with van der Waals surface area (Å²) in [6, 6.07) is 9.86. The predicted octanol–water partition coefficient (Wildman–Crippen LogP) is 2.94. The Hall–Kier alpha value is -1.39. The average molecular weight is 331 g/mol. The Morgan fingerprint density at radius 3 is 2.54 bits per heavy atom. The van der Waals surface area contributed by atoms with E-state index in [-0.39, 0.29) is 18.7 Å². The summed E-state index contributed by atoms with van der Waals surface area (Å²) in [6.45, 7) is 2.93. The van der Waals surface area contributed by atoms with Crippen molar-refractivity contribution in [2.75, 3.05) is 13.2 Å². The maximum atomic E-state index is 12.1. The Morgan fingerprint density at radius 2 is 1.83 bits per heavy atom. The number of carbonyl (C=O) groups excluding carboxylic acids is 1. The van der Waals surface area contributed by atoms with E-state index in [4.69, 9.17) is 15.2 Å². The third kappa shape index (κ3) is 4.17. The highest BCUT2D eigenvalue weighted by molar-refractivity contribution is 5.75. The molecule has 1 aliphatic carbocycles. The van der Waals surface area contributed by atoms with Crippen LogP contribution in [0.15, 0.2) is 30.3 Å². The minimum absolute atomic E-state index is 0.109. The standard InChI is InChI=1S/C20H29NO3/c1-14-19(16-9-5-6-10-16)17(11-15-7-3-2-4-8-15)12-23-13-18(21)20(22)24-14/h2-4,7-8,14,16-19H,5-6,9-13,21H2,1H3/t14-,17-,18-,19+/m0/s1. The normalized spacial score (nSPS) is 32.7. The molecule has 24 heavy (non-hydrogen) atoms. The van der Waals surface area contributed by atoms with Gasteiger partial charge in [-0.3, -0.25) is 4.79 Å². The number of hydrogen-bond acceptors (Lipinski definition) is 4. The lowest BCUT2D eigenvalue weighted by atomic mass is 9.75. The summed E-state index contributed by atoms with van der Waals surface area (Å²) in [5, 5.41) is 0. The van der Waals surface area contributed by atoms with Crippen molar-refractivity contribution >= 4 is 5.97 Å². The van der Waals surface area contributed by atoms with Crippen LogP contribution in [0.25, 0.3) is 0 Å². The first-order valence-corrected chi connectivity index (χ1v) is 9.23. The van der Waals surface area contributed by atoms with Crippen LogP contribution in [0.4, 0.5) is 0 Å². The fourth-order valence-electron chi connectivity index (χ4n) is 4.48. The molecule has 2 fully saturated rings. The van der Waals surface area contributed by atoms with Gasteiger partial charge < -0.3 is 15.2 Å². The monoisotopic (exact) mass is 331 g/mol. The molecule has 1 heterocycles. The summed E-state index contributed by atoms with van der Waals surface area (Å²) in [6.07, 6.45) is 5.86. The molecule has 1 saturated carbocycles. The van der Waals surface area contributed by atoms with Gasteiger partial charge in [0.15, 0.2) is 0 Å². The van der Waals surface area contributed by atoms with Crippen molar-refractivity contribution in [3.05, 3.63) is 35.9 Å². The Kier molecular flexibility index (Phi) is 5.90. The first-order chi connectivity index (χ1) is 11.6. The van der Waals surface area contributed by atoms with Gasteiger partial charge in [-0.1, -0.05) is 56.0 Å². The third-order valence-corrected chi connectivity index (χ3v) is 5.61. The van der Waals surface area contributed by atoms with E-state index in [1.54, 1.807) is 0 Å². The number of ether oxygens (including phenoxy) is 2. The SMILES string of the molecule is C[C@@H]1OC(=O)[C@@H](N)COC[C@H](Cc2ccccc2)[C@H]1C1CCCC1. The summed E-state index contributed by atoms with van der Waals surface area (Å²) < 4.78 is 11.6. The molecule has 1 aliphatic heterocycles. The molecular weight excluding hydrogens is 302 g/mol. The molecule has 0 radical (unpaired) electrons. The Labute approximate surface area is 144 Å². The fourth-order valence-corrected chi connectivity index (χ4v) is 4.48. The van der Waals surface area contributed by atoms with Gasteiger partial charge in [0.2, 0.25) is 0 Å². The molecule has 132 valence electrons. The second-order valence-electron chi connectivity index (χ2n) is 7.36. The van der Waals surface area contributed by atoms with Crippen molar-refractivity contribution in [1.82, 2.24) is 0 Å². The lowest BCUT2D eigenvalue weighted by Crippen LogP contribution is -2.40. The van der Waals surface area contributed by atoms with Gasteiger partial charge in [-0.2, -0.15) is 0 Å². The Balaban J connectivity index is 1.83. The van der Waals surface area contributed by atoms with E-state index in [1.807, 2.05) is 13.0 Å². The zero-order chi connectivity index (χ0) is 16.9. The molecule has 0 unspecified atom stereocenters. The molecule has 4 nitrogen and oxygen atoms in total.